The Bertz CT molecular complexity index is 1260. The molecule has 10 nitrogen and oxygen atoms in total. The van der Waals surface area contributed by atoms with Crippen molar-refractivity contribution in [1.29, 1.82) is 0 Å². The van der Waals surface area contributed by atoms with Crippen molar-refractivity contribution >= 4 is 57.9 Å². The van der Waals surface area contributed by atoms with Gasteiger partial charge in [0.1, 0.15) is 10.8 Å². The molecule has 2 aromatic carbocycles. The van der Waals surface area contributed by atoms with E-state index < -0.39 is 0 Å². The third-order valence-electron chi connectivity index (χ3n) is 5.71. The normalized spacial score (nSPS) is 13.2. The molecular weight excluding hydrogens is 482 g/mol. The standard InChI is InChI=1S/C25H28ClN7O3/c1-16(34)28-18-5-4-6-19(13-18)29-24-21(26)15-27-25(31-24)30-22-8-7-20(14-23(22)36-3)33-11-9-32(10-12-33)17(2)35/h4-8,13-15H,9-12H2,1-3H3,(H,28,34)(H2,27,29,30,31). The van der Waals surface area contributed by atoms with Crippen molar-refractivity contribution in [2.24, 2.45) is 0 Å². The summed E-state index contributed by atoms with van der Waals surface area (Å²) < 4.78 is 5.62. The van der Waals surface area contributed by atoms with Gasteiger partial charge in [0.15, 0.2) is 5.82 Å². The van der Waals surface area contributed by atoms with Gasteiger partial charge in [-0.2, -0.15) is 4.98 Å². The third kappa shape index (κ3) is 6.14. The molecule has 1 aliphatic rings. The molecule has 0 atom stereocenters. The summed E-state index contributed by atoms with van der Waals surface area (Å²) in [5.74, 6) is 1.33. The molecule has 0 aliphatic carbocycles. The summed E-state index contributed by atoms with van der Waals surface area (Å²) in [7, 11) is 1.61. The first-order valence-electron chi connectivity index (χ1n) is 11.4. The lowest BCUT2D eigenvalue weighted by Crippen LogP contribution is -2.48. The number of piperazine rings is 1. The Kier molecular flexibility index (Phi) is 7.74. The van der Waals surface area contributed by atoms with Crippen LogP contribution in [0, 0.1) is 0 Å². The highest BCUT2D eigenvalue weighted by Gasteiger charge is 2.20. The first-order chi connectivity index (χ1) is 17.3. The third-order valence-corrected chi connectivity index (χ3v) is 5.99. The average Bonchev–Trinajstić information content (AvgIpc) is 2.86. The minimum atomic E-state index is -0.156. The van der Waals surface area contributed by atoms with Crippen molar-refractivity contribution in [3.63, 3.8) is 0 Å². The number of carbonyl (C=O) groups excluding carboxylic acids is 2. The Morgan fingerprint density at radius 2 is 1.75 bits per heavy atom. The molecule has 0 radical (unpaired) electrons. The van der Waals surface area contributed by atoms with Gasteiger partial charge in [-0.15, -0.1) is 0 Å². The predicted molar refractivity (Wildman–Crippen MR) is 142 cm³/mol. The van der Waals surface area contributed by atoms with Crippen LogP contribution in [0.2, 0.25) is 5.02 Å². The molecule has 11 heteroatoms. The SMILES string of the molecule is COc1cc(N2CCN(C(C)=O)CC2)ccc1Nc1ncc(Cl)c(Nc2cccc(NC(C)=O)c2)n1. The second-order valence-corrected chi connectivity index (χ2v) is 8.69. The molecular formula is C25H28ClN7O3. The lowest BCUT2D eigenvalue weighted by atomic mass is 10.2. The second kappa shape index (κ2) is 11.1. The maximum absolute atomic E-state index is 11.6. The number of carbonyl (C=O) groups is 2. The van der Waals surface area contributed by atoms with Crippen molar-refractivity contribution in [2.75, 3.05) is 54.1 Å². The van der Waals surface area contributed by atoms with Gasteiger partial charge in [-0.25, -0.2) is 4.98 Å². The average molecular weight is 510 g/mol. The molecule has 2 heterocycles. The Hall–Kier alpha value is -4.05. The Labute approximate surface area is 214 Å². The van der Waals surface area contributed by atoms with Gasteiger partial charge in [0, 0.05) is 63.2 Å². The van der Waals surface area contributed by atoms with Crippen LogP contribution in [-0.2, 0) is 9.59 Å². The summed E-state index contributed by atoms with van der Waals surface area (Å²) >= 11 is 6.33. The number of ether oxygens (including phenoxy) is 1. The number of hydrogen-bond acceptors (Lipinski definition) is 8. The molecule has 4 rings (SSSR count). The predicted octanol–water partition coefficient (Wildman–Crippen LogP) is 4.25. The summed E-state index contributed by atoms with van der Waals surface area (Å²) in [6.07, 6.45) is 1.51. The fourth-order valence-electron chi connectivity index (χ4n) is 3.91. The van der Waals surface area contributed by atoms with Crippen LogP contribution in [0.3, 0.4) is 0 Å². The largest absolute Gasteiger partial charge is 0.494 e. The molecule has 1 aliphatic heterocycles. The highest BCUT2D eigenvalue weighted by molar-refractivity contribution is 6.32. The molecule has 0 spiro atoms. The number of nitrogens with one attached hydrogen (secondary N) is 3. The molecule has 3 N–H and O–H groups in total. The topological polar surface area (TPSA) is 112 Å². The van der Waals surface area contributed by atoms with Gasteiger partial charge in [0.05, 0.1) is 19.0 Å². The lowest BCUT2D eigenvalue weighted by molar-refractivity contribution is -0.129. The highest BCUT2D eigenvalue weighted by atomic mass is 35.5. The molecule has 3 aromatic rings. The van der Waals surface area contributed by atoms with Gasteiger partial charge in [-0.05, 0) is 30.3 Å². The quantitative estimate of drug-likeness (QED) is 0.433. The van der Waals surface area contributed by atoms with Crippen LogP contribution in [0.15, 0.2) is 48.7 Å². The summed E-state index contributed by atoms with van der Waals surface area (Å²) in [5, 5.41) is 9.45. The van der Waals surface area contributed by atoms with E-state index in [2.05, 4.69) is 30.8 Å². The molecule has 0 bridgehead atoms. The Morgan fingerprint density at radius 1 is 1.00 bits per heavy atom. The van der Waals surface area contributed by atoms with Crippen LogP contribution in [-0.4, -0.2) is 60.0 Å². The number of anilines is 6. The van der Waals surface area contributed by atoms with Gasteiger partial charge >= 0.3 is 0 Å². The number of rotatable bonds is 7. The summed E-state index contributed by atoms with van der Waals surface area (Å²) in [5.41, 5.74) is 3.08. The minimum Gasteiger partial charge on any atom is -0.494 e. The van der Waals surface area contributed by atoms with Crippen LogP contribution in [0.1, 0.15) is 13.8 Å². The van der Waals surface area contributed by atoms with Crippen LogP contribution in [0.25, 0.3) is 0 Å². The van der Waals surface area contributed by atoms with Crippen molar-refractivity contribution in [2.45, 2.75) is 13.8 Å². The highest BCUT2D eigenvalue weighted by Crippen LogP contribution is 2.33. The molecule has 2 amide bonds. The molecule has 0 unspecified atom stereocenters. The van der Waals surface area contributed by atoms with Gasteiger partial charge < -0.3 is 30.5 Å². The van der Waals surface area contributed by atoms with E-state index in [1.165, 1.54) is 13.1 Å². The number of methoxy groups -OCH3 is 1. The number of halogens is 1. The van der Waals surface area contributed by atoms with Crippen LogP contribution < -0.4 is 25.6 Å². The van der Waals surface area contributed by atoms with Crippen molar-refractivity contribution < 1.29 is 14.3 Å². The number of nitrogens with zero attached hydrogens (tertiary/aromatic N) is 4. The minimum absolute atomic E-state index is 0.101. The number of aromatic nitrogens is 2. The van der Waals surface area contributed by atoms with Gasteiger partial charge in [0.25, 0.3) is 0 Å². The van der Waals surface area contributed by atoms with Crippen molar-refractivity contribution in [1.82, 2.24) is 14.9 Å². The van der Waals surface area contributed by atoms with Crippen LogP contribution in [0.4, 0.5) is 34.5 Å². The van der Waals surface area contributed by atoms with Crippen LogP contribution in [0.5, 0.6) is 5.75 Å². The van der Waals surface area contributed by atoms with Gasteiger partial charge in [-0.1, -0.05) is 17.7 Å². The lowest BCUT2D eigenvalue weighted by Gasteiger charge is -2.35. The Balaban J connectivity index is 1.49. The van der Waals surface area contributed by atoms with E-state index in [0.29, 0.717) is 52.7 Å². The monoisotopic (exact) mass is 509 g/mol. The molecule has 36 heavy (non-hydrogen) atoms. The second-order valence-electron chi connectivity index (χ2n) is 8.28. The van der Waals surface area contributed by atoms with Gasteiger partial charge in [0.2, 0.25) is 17.8 Å². The number of hydrogen-bond donors (Lipinski definition) is 3. The van der Waals surface area contributed by atoms with E-state index in [4.69, 9.17) is 16.3 Å². The first kappa shape index (κ1) is 25.1. The van der Waals surface area contributed by atoms with Gasteiger partial charge in [-0.3, -0.25) is 9.59 Å². The van der Waals surface area contributed by atoms with E-state index in [1.807, 2.05) is 35.2 Å². The summed E-state index contributed by atoms with van der Waals surface area (Å²) in [6, 6.07) is 13.1. The number of amides is 2. The molecule has 188 valence electrons. The zero-order chi connectivity index (χ0) is 25.7. The maximum atomic E-state index is 11.6. The van der Waals surface area contributed by atoms with E-state index in [1.54, 1.807) is 26.2 Å². The fraction of sp³-hybridized carbons (Fsp3) is 0.280. The Morgan fingerprint density at radius 3 is 2.44 bits per heavy atom. The first-order valence-corrected chi connectivity index (χ1v) is 11.8. The van der Waals surface area contributed by atoms with E-state index in [9.17, 15) is 9.59 Å². The molecule has 1 aromatic heterocycles. The van der Waals surface area contributed by atoms with E-state index >= 15 is 0 Å². The van der Waals surface area contributed by atoms with Crippen LogP contribution >= 0.6 is 11.6 Å². The zero-order valence-electron chi connectivity index (χ0n) is 20.3. The van der Waals surface area contributed by atoms with Crippen molar-refractivity contribution in [3.8, 4) is 5.75 Å². The molecule has 0 saturated carbocycles. The fourth-order valence-corrected chi connectivity index (χ4v) is 4.05. The maximum Gasteiger partial charge on any atom is 0.229 e. The van der Waals surface area contributed by atoms with E-state index in [0.717, 1.165) is 18.8 Å². The zero-order valence-corrected chi connectivity index (χ0v) is 21.1. The molecule has 1 saturated heterocycles. The number of benzene rings is 2. The smallest absolute Gasteiger partial charge is 0.229 e. The van der Waals surface area contributed by atoms with E-state index in [-0.39, 0.29) is 11.8 Å². The summed E-state index contributed by atoms with van der Waals surface area (Å²) in [6.45, 7) is 5.96. The summed E-state index contributed by atoms with van der Waals surface area (Å²) in [4.78, 5) is 35.8. The van der Waals surface area contributed by atoms with Crippen molar-refractivity contribution in [3.05, 3.63) is 53.7 Å². The molecule has 1 fully saturated rings.